The molecule has 0 N–H and O–H groups in total. The van der Waals surface area contributed by atoms with Gasteiger partial charge < -0.3 is 8.37 Å². The van der Waals surface area contributed by atoms with Crippen LogP contribution in [-0.2, 0) is 23.2 Å². The summed E-state index contributed by atoms with van der Waals surface area (Å²) in [6.07, 6.45) is 5.92. The summed E-state index contributed by atoms with van der Waals surface area (Å²) in [5.74, 6) is 0.759. The second-order valence-corrected chi connectivity index (χ2v) is 7.09. The first kappa shape index (κ1) is 16.1. The van der Waals surface area contributed by atoms with Gasteiger partial charge in [0.15, 0.2) is 11.5 Å². The molecule has 1 aliphatic rings. The van der Waals surface area contributed by atoms with E-state index in [1.54, 1.807) is 0 Å². The van der Waals surface area contributed by atoms with Gasteiger partial charge in [-0.15, -0.1) is 8.42 Å². The van der Waals surface area contributed by atoms with E-state index in [1.165, 1.54) is 5.56 Å². The Morgan fingerprint density at radius 3 is 2.04 bits per heavy atom. The van der Waals surface area contributed by atoms with Crippen LogP contribution in [-0.4, -0.2) is 8.42 Å². The maximum atomic E-state index is 11.8. The van der Waals surface area contributed by atoms with Gasteiger partial charge in [-0.05, 0) is 36.6 Å². The molecule has 0 aliphatic carbocycles. The number of benzene rings is 2. The van der Waals surface area contributed by atoms with E-state index in [0.717, 1.165) is 54.9 Å². The third-order valence-corrected chi connectivity index (χ3v) is 5.01. The predicted molar refractivity (Wildman–Crippen MR) is 91.3 cm³/mol. The fourth-order valence-corrected chi connectivity index (χ4v) is 3.94. The maximum absolute atomic E-state index is 11.8. The summed E-state index contributed by atoms with van der Waals surface area (Å²) >= 11 is 0. The van der Waals surface area contributed by atoms with Crippen LogP contribution >= 0.6 is 0 Å². The van der Waals surface area contributed by atoms with Crippen LogP contribution in [0.5, 0.6) is 11.5 Å². The van der Waals surface area contributed by atoms with E-state index in [-0.39, 0.29) is 0 Å². The van der Waals surface area contributed by atoms with E-state index in [9.17, 15) is 8.42 Å². The average Bonchev–Trinajstić information content (AvgIpc) is 2.86. The van der Waals surface area contributed by atoms with Gasteiger partial charge in [0.25, 0.3) is 0 Å². The van der Waals surface area contributed by atoms with Crippen LogP contribution in [0.1, 0.15) is 50.7 Å². The van der Waals surface area contributed by atoms with Crippen LogP contribution in [0.15, 0.2) is 24.3 Å². The molecular formula is C18H22O4S. The summed E-state index contributed by atoms with van der Waals surface area (Å²) in [7, 11) is -3.98. The Bertz CT molecular complexity index is 825. The van der Waals surface area contributed by atoms with Crippen molar-refractivity contribution in [1.29, 1.82) is 0 Å². The van der Waals surface area contributed by atoms with E-state index in [4.69, 9.17) is 8.37 Å². The van der Waals surface area contributed by atoms with Gasteiger partial charge in [-0.3, -0.25) is 0 Å². The van der Waals surface area contributed by atoms with Crippen molar-refractivity contribution < 1.29 is 16.8 Å². The molecule has 4 nitrogen and oxygen atoms in total. The topological polar surface area (TPSA) is 52.6 Å². The van der Waals surface area contributed by atoms with E-state index in [1.807, 2.05) is 24.3 Å². The Hall–Kier alpha value is -1.75. The first-order chi connectivity index (χ1) is 11.1. The molecule has 0 atom stereocenters. The van der Waals surface area contributed by atoms with Crippen molar-refractivity contribution in [3.8, 4) is 11.5 Å². The third-order valence-electron chi connectivity index (χ3n) is 4.27. The van der Waals surface area contributed by atoms with Gasteiger partial charge in [0.2, 0.25) is 0 Å². The molecule has 2 aromatic carbocycles. The smallest absolute Gasteiger partial charge is 0.348 e. The minimum Gasteiger partial charge on any atom is -0.348 e. The van der Waals surface area contributed by atoms with Crippen molar-refractivity contribution in [2.45, 2.75) is 52.4 Å². The van der Waals surface area contributed by atoms with Crippen molar-refractivity contribution >= 4 is 21.2 Å². The highest BCUT2D eigenvalue weighted by Crippen LogP contribution is 2.47. The number of fused-ring (bicyclic) bond motifs is 3. The molecule has 1 heterocycles. The van der Waals surface area contributed by atoms with Gasteiger partial charge in [-0.25, -0.2) is 0 Å². The Kier molecular flexibility index (Phi) is 4.48. The van der Waals surface area contributed by atoms with E-state index < -0.39 is 10.4 Å². The first-order valence-corrected chi connectivity index (χ1v) is 9.61. The fourth-order valence-electron chi connectivity index (χ4n) is 3.15. The highest BCUT2D eigenvalue weighted by atomic mass is 32.3. The summed E-state index contributed by atoms with van der Waals surface area (Å²) in [4.78, 5) is 0. The van der Waals surface area contributed by atoms with Crippen LogP contribution < -0.4 is 8.37 Å². The number of hydrogen-bond donors (Lipinski definition) is 0. The molecule has 0 saturated carbocycles. The largest absolute Gasteiger partial charge is 0.501 e. The molecule has 0 bridgehead atoms. The molecule has 0 radical (unpaired) electrons. The normalized spacial score (nSPS) is 15.2. The zero-order valence-electron chi connectivity index (χ0n) is 13.6. The lowest BCUT2D eigenvalue weighted by atomic mass is 9.91. The molecule has 5 heteroatoms. The zero-order chi connectivity index (χ0) is 16.4. The van der Waals surface area contributed by atoms with Gasteiger partial charge in [-0.2, -0.15) is 0 Å². The molecule has 0 fully saturated rings. The Morgan fingerprint density at radius 2 is 1.39 bits per heavy atom. The van der Waals surface area contributed by atoms with Crippen molar-refractivity contribution in [2.75, 3.05) is 0 Å². The molecule has 0 spiro atoms. The minimum atomic E-state index is -3.98. The number of hydrogen-bond acceptors (Lipinski definition) is 4. The minimum absolute atomic E-state index is 0.354. The van der Waals surface area contributed by atoms with Gasteiger partial charge >= 0.3 is 10.4 Å². The van der Waals surface area contributed by atoms with Crippen LogP contribution in [0.4, 0.5) is 0 Å². The van der Waals surface area contributed by atoms with Crippen molar-refractivity contribution in [3.05, 3.63) is 35.4 Å². The van der Waals surface area contributed by atoms with E-state index in [0.29, 0.717) is 11.5 Å². The van der Waals surface area contributed by atoms with Gasteiger partial charge in [0.05, 0.1) is 0 Å². The SMILES string of the molecule is CCCCc1c2c(c3ccccc3c1CCCC)OS(=O)(=O)O2. The van der Waals surface area contributed by atoms with Crippen molar-refractivity contribution in [3.63, 3.8) is 0 Å². The lowest BCUT2D eigenvalue weighted by Crippen LogP contribution is -2.08. The monoisotopic (exact) mass is 334 g/mol. The lowest BCUT2D eigenvalue weighted by Gasteiger charge is -2.15. The Labute approximate surface area is 137 Å². The molecule has 1 aliphatic heterocycles. The molecule has 0 amide bonds. The lowest BCUT2D eigenvalue weighted by molar-refractivity contribution is 0.436. The van der Waals surface area contributed by atoms with Gasteiger partial charge in [0.1, 0.15) is 0 Å². The molecule has 3 rings (SSSR count). The highest BCUT2D eigenvalue weighted by Gasteiger charge is 2.34. The molecule has 0 unspecified atom stereocenters. The average molecular weight is 334 g/mol. The Balaban J connectivity index is 2.27. The summed E-state index contributed by atoms with van der Waals surface area (Å²) in [5, 5.41) is 1.89. The predicted octanol–water partition coefficient (Wildman–Crippen LogP) is 4.54. The van der Waals surface area contributed by atoms with Crippen molar-refractivity contribution in [1.82, 2.24) is 0 Å². The van der Waals surface area contributed by atoms with Gasteiger partial charge in [0, 0.05) is 10.9 Å². The van der Waals surface area contributed by atoms with Crippen LogP contribution in [0.25, 0.3) is 10.8 Å². The number of aryl methyl sites for hydroxylation is 1. The first-order valence-electron chi connectivity index (χ1n) is 8.27. The van der Waals surface area contributed by atoms with Crippen LogP contribution in [0.2, 0.25) is 0 Å². The molecular weight excluding hydrogens is 312 g/mol. The quantitative estimate of drug-likeness (QED) is 0.778. The van der Waals surface area contributed by atoms with E-state index in [2.05, 4.69) is 13.8 Å². The number of unbranched alkanes of at least 4 members (excludes halogenated alkanes) is 2. The molecule has 0 saturated heterocycles. The van der Waals surface area contributed by atoms with Crippen LogP contribution in [0, 0.1) is 0 Å². The molecule has 23 heavy (non-hydrogen) atoms. The second kappa shape index (κ2) is 6.40. The molecule has 2 aromatic rings. The number of rotatable bonds is 6. The van der Waals surface area contributed by atoms with Crippen LogP contribution in [0.3, 0.4) is 0 Å². The summed E-state index contributed by atoms with van der Waals surface area (Å²) in [6.45, 7) is 4.28. The van der Waals surface area contributed by atoms with Crippen molar-refractivity contribution in [2.24, 2.45) is 0 Å². The molecule has 124 valence electrons. The summed E-state index contributed by atoms with van der Waals surface area (Å²) in [6, 6.07) is 7.83. The zero-order valence-corrected chi connectivity index (χ0v) is 14.4. The molecule has 0 aromatic heterocycles. The maximum Gasteiger partial charge on any atom is 0.501 e. The Morgan fingerprint density at radius 1 is 0.826 bits per heavy atom. The third kappa shape index (κ3) is 3.02. The van der Waals surface area contributed by atoms with E-state index >= 15 is 0 Å². The fraction of sp³-hybridized carbons (Fsp3) is 0.444. The second-order valence-electron chi connectivity index (χ2n) is 5.94. The highest BCUT2D eigenvalue weighted by molar-refractivity contribution is 7.82. The summed E-state index contributed by atoms with van der Waals surface area (Å²) in [5.41, 5.74) is 2.20. The van der Waals surface area contributed by atoms with Gasteiger partial charge in [-0.1, -0.05) is 51.0 Å². The standard InChI is InChI=1S/C18H22O4S/c1-3-5-9-13-14-11-7-8-12-16(14)18-17(15(13)10-6-4-2)21-23(19,20)22-18/h7-8,11-12H,3-6,9-10H2,1-2H3. The summed E-state index contributed by atoms with van der Waals surface area (Å²) < 4.78 is 34.0.